The normalized spacial score (nSPS) is 34.8. The Hall–Kier alpha value is -0.160. The van der Waals surface area contributed by atoms with Crippen molar-refractivity contribution in [3.05, 3.63) is 0 Å². The zero-order valence-corrected chi connectivity index (χ0v) is 8.58. The number of hydrogen-bond donors (Lipinski definition) is 1. The standard InChI is InChI=1S/C9H19NO3/c1-4-10-7-6-13-9(12-3)5-8(7)11-2/h7-10H,4-6H2,1-3H3/t7-,8-,9-/m0/s1. The van der Waals surface area contributed by atoms with Crippen molar-refractivity contribution in [2.24, 2.45) is 0 Å². The van der Waals surface area contributed by atoms with Gasteiger partial charge in [-0.05, 0) is 6.54 Å². The molecule has 0 aliphatic carbocycles. The highest BCUT2D eigenvalue weighted by Crippen LogP contribution is 2.17. The topological polar surface area (TPSA) is 39.7 Å². The molecule has 1 rings (SSSR count). The van der Waals surface area contributed by atoms with Crippen LogP contribution < -0.4 is 5.32 Å². The molecule has 0 aromatic rings. The van der Waals surface area contributed by atoms with E-state index in [-0.39, 0.29) is 12.4 Å². The summed E-state index contributed by atoms with van der Waals surface area (Å²) in [7, 11) is 3.39. The van der Waals surface area contributed by atoms with Crippen LogP contribution in [0.25, 0.3) is 0 Å². The molecule has 1 fully saturated rings. The van der Waals surface area contributed by atoms with E-state index in [4.69, 9.17) is 14.2 Å². The Bertz CT molecular complexity index is 143. The van der Waals surface area contributed by atoms with Gasteiger partial charge in [-0.3, -0.25) is 0 Å². The Morgan fingerprint density at radius 2 is 2.15 bits per heavy atom. The molecule has 0 bridgehead atoms. The summed E-state index contributed by atoms with van der Waals surface area (Å²) in [5, 5.41) is 3.32. The maximum atomic E-state index is 5.46. The molecule has 1 saturated heterocycles. The van der Waals surface area contributed by atoms with E-state index in [2.05, 4.69) is 12.2 Å². The summed E-state index contributed by atoms with van der Waals surface area (Å²) in [6, 6.07) is 0.293. The SMILES string of the molecule is CCN[C@H]1CO[C@H](OC)C[C@@H]1OC. The van der Waals surface area contributed by atoms with E-state index in [1.807, 2.05) is 0 Å². The Kier molecular flexibility index (Phi) is 4.66. The molecule has 0 aromatic carbocycles. The van der Waals surface area contributed by atoms with Crippen molar-refractivity contribution in [1.82, 2.24) is 5.32 Å². The molecule has 0 aromatic heterocycles. The van der Waals surface area contributed by atoms with E-state index in [0.717, 1.165) is 13.0 Å². The molecule has 0 radical (unpaired) electrons. The van der Waals surface area contributed by atoms with Crippen LogP contribution in [-0.4, -0.2) is 45.8 Å². The quantitative estimate of drug-likeness (QED) is 0.693. The molecule has 1 heterocycles. The third-order valence-electron chi connectivity index (χ3n) is 2.37. The highest BCUT2D eigenvalue weighted by atomic mass is 16.7. The van der Waals surface area contributed by atoms with Gasteiger partial charge in [-0.25, -0.2) is 0 Å². The molecule has 13 heavy (non-hydrogen) atoms. The van der Waals surface area contributed by atoms with E-state index in [0.29, 0.717) is 12.6 Å². The Balaban J connectivity index is 2.40. The Morgan fingerprint density at radius 3 is 2.69 bits per heavy atom. The number of likely N-dealkylation sites (N-methyl/N-ethyl adjacent to an activating group) is 1. The van der Waals surface area contributed by atoms with Gasteiger partial charge in [0.15, 0.2) is 6.29 Å². The minimum atomic E-state index is -0.111. The van der Waals surface area contributed by atoms with Gasteiger partial charge in [-0.1, -0.05) is 6.92 Å². The summed E-state index contributed by atoms with van der Waals surface area (Å²) in [6.07, 6.45) is 0.878. The highest BCUT2D eigenvalue weighted by molar-refractivity contribution is 4.81. The maximum Gasteiger partial charge on any atom is 0.159 e. The van der Waals surface area contributed by atoms with E-state index in [1.54, 1.807) is 14.2 Å². The zero-order chi connectivity index (χ0) is 9.68. The fourth-order valence-electron chi connectivity index (χ4n) is 1.62. The molecule has 0 amide bonds. The number of hydrogen-bond acceptors (Lipinski definition) is 4. The van der Waals surface area contributed by atoms with Crippen LogP contribution in [0.2, 0.25) is 0 Å². The van der Waals surface area contributed by atoms with Gasteiger partial charge < -0.3 is 19.5 Å². The minimum Gasteiger partial charge on any atom is -0.380 e. The van der Waals surface area contributed by atoms with Gasteiger partial charge in [-0.2, -0.15) is 0 Å². The first kappa shape index (κ1) is 10.9. The lowest BCUT2D eigenvalue weighted by atomic mass is 10.1. The average molecular weight is 189 g/mol. The molecular formula is C9H19NO3. The van der Waals surface area contributed by atoms with Gasteiger partial charge in [0.25, 0.3) is 0 Å². The minimum absolute atomic E-state index is 0.111. The van der Waals surface area contributed by atoms with Crippen LogP contribution in [0.1, 0.15) is 13.3 Å². The van der Waals surface area contributed by atoms with Crippen LogP contribution in [0, 0.1) is 0 Å². The predicted octanol–water partition coefficient (Wildman–Crippen LogP) is 0.372. The van der Waals surface area contributed by atoms with E-state index < -0.39 is 0 Å². The van der Waals surface area contributed by atoms with Crippen molar-refractivity contribution in [1.29, 1.82) is 0 Å². The summed E-state index contributed by atoms with van der Waals surface area (Å²) in [6.45, 7) is 3.67. The van der Waals surface area contributed by atoms with Gasteiger partial charge in [-0.15, -0.1) is 0 Å². The van der Waals surface area contributed by atoms with Crippen LogP contribution in [-0.2, 0) is 14.2 Å². The predicted molar refractivity (Wildman–Crippen MR) is 49.6 cm³/mol. The second-order valence-electron chi connectivity index (χ2n) is 3.17. The lowest BCUT2D eigenvalue weighted by Gasteiger charge is -2.34. The number of methoxy groups -OCH3 is 2. The van der Waals surface area contributed by atoms with Crippen LogP contribution in [0.5, 0.6) is 0 Å². The van der Waals surface area contributed by atoms with Crippen LogP contribution in [0.15, 0.2) is 0 Å². The first-order chi connectivity index (χ1) is 6.31. The first-order valence-corrected chi connectivity index (χ1v) is 4.72. The molecule has 4 nitrogen and oxygen atoms in total. The Morgan fingerprint density at radius 1 is 1.38 bits per heavy atom. The second kappa shape index (κ2) is 5.54. The number of nitrogens with one attached hydrogen (secondary N) is 1. The van der Waals surface area contributed by atoms with Gasteiger partial charge in [0.1, 0.15) is 0 Å². The molecule has 0 unspecified atom stereocenters. The lowest BCUT2D eigenvalue weighted by Crippen LogP contribution is -2.50. The maximum absolute atomic E-state index is 5.46. The number of rotatable bonds is 4. The van der Waals surface area contributed by atoms with Crippen molar-refractivity contribution >= 4 is 0 Å². The van der Waals surface area contributed by atoms with E-state index in [9.17, 15) is 0 Å². The van der Waals surface area contributed by atoms with Gasteiger partial charge >= 0.3 is 0 Å². The monoisotopic (exact) mass is 189 g/mol. The van der Waals surface area contributed by atoms with Gasteiger partial charge in [0.05, 0.1) is 18.8 Å². The van der Waals surface area contributed by atoms with Crippen molar-refractivity contribution in [2.75, 3.05) is 27.4 Å². The summed E-state index contributed by atoms with van der Waals surface area (Å²) in [4.78, 5) is 0. The molecule has 3 atom stereocenters. The molecule has 0 saturated carbocycles. The van der Waals surface area contributed by atoms with E-state index in [1.165, 1.54) is 0 Å². The second-order valence-corrected chi connectivity index (χ2v) is 3.17. The summed E-state index contributed by atoms with van der Waals surface area (Å²) in [5.74, 6) is 0. The molecular weight excluding hydrogens is 170 g/mol. The lowest BCUT2D eigenvalue weighted by molar-refractivity contribution is -0.185. The van der Waals surface area contributed by atoms with Crippen molar-refractivity contribution in [2.45, 2.75) is 31.8 Å². The van der Waals surface area contributed by atoms with Gasteiger partial charge in [0.2, 0.25) is 0 Å². The third kappa shape index (κ3) is 2.91. The zero-order valence-electron chi connectivity index (χ0n) is 8.58. The average Bonchev–Trinajstić information content (AvgIpc) is 2.19. The third-order valence-corrected chi connectivity index (χ3v) is 2.37. The van der Waals surface area contributed by atoms with E-state index >= 15 is 0 Å². The molecule has 78 valence electrons. The van der Waals surface area contributed by atoms with Crippen molar-refractivity contribution < 1.29 is 14.2 Å². The summed E-state index contributed by atoms with van der Waals surface area (Å²) in [5.41, 5.74) is 0. The Labute approximate surface area is 79.5 Å². The highest BCUT2D eigenvalue weighted by Gasteiger charge is 2.30. The molecule has 4 heteroatoms. The van der Waals surface area contributed by atoms with Crippen LogP contribution >= 0.6 is 0 Å². The molecule has 0 spiro atoms. The van der Waals surface area contributed by atoms with Crippen molar-refractivity contribution in [3.63, 3.8) is 0 Å². The largest absolute Gasteiger partial charge is 0.380 e. The smallest absolute Gasteiger partial charge is 0.159 e. The molecule has 1 aliphatic heterocycles. The number of ether oxygens (including phenoxy) is 3. The summed E-state index contributed by atoms with van der Waals surface area (Å²) >= 11 is 0. The molecule has 1 N–H and O–H groups in total. The first-order valence-electron chi connectivity index (χ1n) is 4.72. The van der Waals surface area contributed by atoms with Crippen LogP contribution in [0.4, 0.5) is 0 Å². The fraction of sp³-hybridized carbons (Fsp3) is 1.00. The summed E-state index contributed by atoms with van der Waals surface area (Å²) < 4.78 is 15.9. The molecule has 1 aliphatic rings. The van der Waals surface area contributed by atoms with Gasteiger partial charge in [0, 0.05) is 20.6 Å². The van der Waals surface area contributed by atoms with Crippen molar-refractivity contribution in [3.8, 4) is 0 Å². The fourth-order valence-corrected chi connectivity index (χ4v) is 1.62. The van der Waals surface area contributed by atoms with Crippen LogP contribution in [0.3, 0.4) is 0 Å².